The summed E-state index contributed by atoms with van der Waals surface area (Å²) < 4.78 is 5.56. The third-order valence-corrected chi connectivity index (χ3v) is 3.00. The normalized spacial score (nSPS) is 13.9. The van der Waals surface area contributed by atoms with Crippen LogP contribution in [0.25, 0.3) is 0 Å². The fourth-order valence-electron chi connectivity index (χ4n) is 1.77. The Hall–Kier alpha value is -1.55. The SMILES string of the molecule is CC(Oc1ccccc1)C(=O)NC(CCO)C(C)C. The first-order valence-electron chi connectivity index (χ1n) is 6.67. The van der Waals surface area contributed by atoms with Crippen LogP contribution in [0.4, 0.5) is 0 Å². The summed E-state index contributed by atoms with van der Waals surface area (Å²) in [5, 5.41) is 11.9. The number of carbonyl (C=O) groups excluding carboxylic acids is 1. The second-order valence-electron chi connectivity index (χ2n) is 4.94. The molecule has 0 aliphatic carbocycles. The van der Waals surface area contributed by atoms with Crippen LogP contribution < -0.4 is 10.1 Å². The molecule has 2 atom stereocenters. The van der Waals surface area contributed by atoms with E-state index >= 15 is 0 Å². The van der Waals surface area contributed by atoms with E-state index in [-0.39, 0.29) is 24.5 Å². The molecule has 1 aromatic rings. The molecule has 0 fully saturated rings. The van der Waals surface area contributed by atoms with Gasteiger partial charge in [0.15, 0.2) is 6.10 Å². The molecule has 2 N–H and O–H groups in total. The number of aliphatic hydroxyl groups is 1. The van der Waals surface area contributed by atoms with Crippen molar-refractivity contribution in [2.45, 2.75) is 39.3 Å². The molecule has 1 aromatic carbocycles. The Morgan fingerprint density at radius 2 is 1.89 bits per heavy atom. The monoisotopic (exact) mass is 265 g/mol. The highest BCUT2D eigenvalue weighted by atomic mass is 16.5. The van der Waals surface area contributed by atoms with Crippen molar-refractivity contribution < 1.29 is 14.6 Å². The van der Waals surface area contributed by atoms with Gasteiger partial charge in [-0.25, -0.2) is 0 Å². The molecule has 19 heavy (non-hydrogen) atoms. The number of nitrogens with one attached hydrogen (secondary N) is 1. The number of hydrogen-bond donors (Lipinski definition) is 2. The van der Waals surface area contributed by atoms with E-state index in [2.05, 4.69) is 5.32 Å². The molecule has 2 unspecified atom stereocenters. The van der Waals surface area contributed by atoms with Crippen LogP contribution in [0.1, 0.15) is 27.2 Å². The van der Waals surface area contributed by atoms with Gasteiger partial charge in [-0.1, -0.05) is 32.0 Å². The van der Waals surface area contributed by atoms with Crippen molar-refractivity contribution in [3.8, 4) is 5.75 Å². The summed E-state index contributed by atoms with van der Waals surface area (Å²) in [6.07, 6.45) is 0.00362. The Labute approximate surface area is 114 Å². The van der Waals surface area contributed by atoms with Crippen molar-refractivity contribution in [3.05, 3.63) is 30.3 Å². The molecule has 1 amide bonds. The van der Waals surface area contributed by atoms with Gasteiger partial charge in [0, 0.05) is 12.6 Å². The molecule has 0 spiro atoms. The van der Waals surface area contributed by atoms with Crippen LogP contribution in [0.5, 0.6) is 5.75 Å². The third-order valence-electron chi connectivity index (χ3n) is 3.00. The van der Waals surface area contributed by atoms with E-state index < -0.39 is 6.10 Å². The lowest BCUT2D eigenvalue weighted by atomic mass is 10.0. The predicted molar refractivity (Wildman–Crippen MR) is 75.0 cm³/mol. The van der Waals surface area contributed by atoms with Crippen LogP contribution in [-0.2, 0) is 4.79 Å². The molecule has 4 nitrogen and oxygen atoms in total. The van der Waals surface area contributed by atoms with E-state index in [0.717, 1.165) is 0 Å². The van der Waals surface area contributed by atoms with Crippen LogP contribution in [0.3, 0.4) is 0 Å². The van der Waals surface area contributed by atoms with Gasteiger partial charge in [0.1, 0.15) is 5.75 Å². The molecule has 0 radical (unpaired) electrons. The number of hydrogen-bond acceptors (Lipinski definition) is 3. The molecule has 0 bridgehead atoms. The third kappa shape index (κ3) is 5.30. The number of ether oxygens (including phenoxy) is 1. The first kappa shape index (κ1) is 15.5. The van der Waals surface area contributed by atoms with E-state index in [1.54, 1.807) is 6.92 Å². The van der Waals surface area contributed by atoms with Crippen molar-refractivity contribution in [1.29, 1.82) is 0 Å². The number of aliphatic hydroxyl groups excluding tert-OH is 1. The van der Waals surface area contributed by atoms with E-state index in [0.29, 0.717) is 12.2 Å². The molecule has 0 aromatic heterocycles. The first-order chi connectivity index (χ1) is 9.04. The van der Waals surface area contributed by atoms with Crippen LogP contribution in [0.2, 0.25) is 0 Å². The minimum Gasteiger partial charge on any atom is -0.481 e. The molecule has 1 rings (SSSR count). The highest BCUT2D eigenvalue weighted by Gasteiger charge is 2.20. The van der Waals surface area contributed by atoms with Gasteiger partial charge in [-0.3, -0.25) is 4.79 Å². The second-order valence-corrected chi connectivity index (χ2v) is 4.94. The van der Waals surface area contributed by atoms with Gasteiger partial charge >= 0.3 is 0 Å². The van der Waals surface area contributed by atoms with Crippen LogP contribution in [0.15, 0.2) is 30.3 Å². The average molecular weight is 265 g/mol. The zero-order valence-corrected chi connectivity index (χ0v) is 11.8. The van der Waals surface area contributed by atoms with Crippen LogP contribution in [-0.4, -0.2) is 29.8 Å². The standard InChI is InChI=1S/C15H23NO3/c1-11(2)14(9-10-17)16-15(18)12(3)19-13-7-5-4-6-8-13/h4-8,11-12,14,17H,9-10H2,1-3H3,(H,16,18). The Kier molecular flexibility index (Phi) is 6.36. The van der Waals surface area contributed by atoms with Gasteiger partial charge in [-0.05, 0) is 31.4 Å². The topological polar surface area (TPSA) is 58.6 Å². The van der Waals surface area contributed by atoms with Crippen molar-refractivity contribution >= 4 is 5.91 Å². The highest BCUT2D eigenvalue weighted by molar-refractivity contribution is 5.81. The lowest BCUT2D eigenvalue weighted by Gasteiger charge is -2.23. The van der Waals surface area contributed by atoms with Gasteiger partial charge in [-0.2, -0.15) is 0 Å². The summed E-state index contributed by atoms with van der Waals surface area (Å²) in [6, 6.07) is 9.23. The van der Waals surface area contributed by atoms with Crippen molar-refractivity contribution in [1.82, 2.24) is 5.32 Å². The highest BCUT2D eigenvalue weighted by Crippen LogP contribution is 2.12. The molecule has 0 aliphatic heterocycles. The Morgan fingerprint density at radius 3 is 2.42 bits per heavy atom. The molecule has 0 heterocycles. The number of benzene rings is 1. The summed E-state index contributed by atoms with van der Waals surface area (Å²) in [7, 11) is 0. The first-order valence-corrected chi connectivity index (χ1v) is 6.67. The largest absolute Gasteiger partial charge is 0.481 e. The quantitative estimate of drug-likeness (QED) is 0.792. The maximum atomic E-state index is 12.0. The maximum Gasteiger partial charge on any atom is 0.261 e. The predicted octanol–water partition coefficient (Wildman–Crippen LogP) is 1.98. The van der Waals surface area contributed by atoms with Crippen molar-refractivity contribution in [2.75, 3.05) is 6.61 Å². The maximum absolute atomic E-state index is 12.0. The van der Waals surface area contributed by atoms with E-state index in [1.165, 1.54) is 0 Å². The fourth-order valence-corrected chi connectivity index (χ4v) is 1.77. The van der Waals surface area contributed by atoms with E-state index in [4.69, 9.17) is 9.84 Å². The van der Waals surface area contributed by atoms with Gasteiger partial charge in [0.05, 0.1) is 0 Å². The van der Waals surface area contributed by atoms with E-state index in [9.17, 15) is 4.79 Å². The number of rotatable bonds is 7. The van der Waals surface area contributed by atoms with Gasteiger partial charge < -0.3 is 15.2 Å². The summed E-state index contributed by atoms with van der Waals surface area (Å²) in [6.45, 7) is 5.82. The Balaban J connectivity index is 2.52. The summed E-state index contributed by atoms with van der Waals surface area (Å²) in [5.41, 5.74) is 0. The zero-order valence-electron chi connectivity index (χ0n) is 11.8. The summed E-state index contributed by atoms with van der Waals surface area (Å²) >= 11 is 0. The number of carbonyl (C=O) groups is 1. The molecular weight excluding hydrogens is 242 g/mol. The summed E-state index contributed by atoms with van der Waals surface area (Å²) in [5.74, 6) is 0.796. The Bertz CT molecular complexity index is 378. The minimum atomic E-state index is -0.553. The molecular formula is C15H23NO3. The zero-order chi connectivity index (χ0) is 14.3. The van der Waals surface area contributed by atoms with E-state index in [1.807, 2.05) is 44.2 Å². The smallest absolute Gasteiger partial charge is 0.261 e. The van der Waals surface area contributed by atoms with Crippen molar-refractivity contribution in [3.63, 3.8) is 0 Å². The van der Waals surface area contributed by atoms with Gasteiger partial charge in [0.2, 0.25) is 0 Å². The lowest BCUT2D eigenvalue weighted by Crippen LogP contribution is -2.45. The van der Waals surface area contributed by atoms with Crippen LogP contribution in [0, 0.1) is 5.92 Å². The van der Waals surface area contributed by atoms with Crippen molar-refractivity contribution in [2.24, 2.45) is 5.92 Å². The number of para-hydroxylation sites is 1. The molecule has 0 saturated heterocycles. The molecule has 0 aliphatic rings. The van der Waals surface area contributed by atoms with Gasteiger partial charge in [0.25, 0.3) is 5.91 Å². The van der Waals surface area contributed by atoms with Gasteiger partial charge in [-0.15, -0.1) is 0 Å². The molecule has 0 saturated carbocycles. The summed E-state index contributed by atoms with van der Waals surface area (Å²) in [4.78, 5) is 12.0. The fraction of sp³-hybridized carbons (Fsp3) is 0.533. The minimum absolute atomic E-state index is 0.0284. The second kappa shape index (κ2) is 7.79. The lowest BCUT2D eigenvalue weighted by molar-refractivity contribution is -0.128. The molecule has 4 heteroatoms. The Morgan fingerprint density at radius 1 is 1.26 bits per heavy atom. The number of amides is 1. The average Bonchev–Trinajstić information content (AvgIpc) is 2.39. The molecule has 106 valence electrons. The van der Waals surface area contributed by atoms with Crippen LogP contribution >= 0.6 is 0 Å².